The Morgan fingerprint density at radius 1 is 1.38 bits per heavy atom. The second-order valence-electron chi connectivity index (χ2n) is 2.27. The van der Waals surface area contributed by atoms with Crippen molar-refractivity contribution in [2.75, 3.05) is 0 Å². The van der Waals surface area contributed by atoms with Gasteiger partial charge >= 0.3 is 5.97 Å². The summed E-state index contributed by atoms with van der Waals surface area (Å²) in [6.45, 7) is 8.02. The van der Waals surface area contributed by atoms with E-state index in [-0.39, 0.29) is 11.1 Å². The normalized spacial score (nSPS) is 10.4. The zero-order chi connectivity index (χ0) is 10.4. The molecule has 0 aromatic rings. The van der Waals surface area contributed by atoms with Crippen LogP contribution in [0.15, 0.2) is 24.3 Å². The lowest BCUT2D eigenvalue weighted by molar-refractivity contribution is -0.141. The van der Waals surface area contributed by atoms with Gasteiger partial charge in [0.15, 0.2) is 0 Å². The van der Waals surface area contributed by atoms with Crippen LogP contribution >= 0.6 is 0 Å². The van der Waals surface area contributed by atoms with E-state index in [2.05, 4.69) is 17.9 Å². The molecule has 0 aliphatic heterocycles. The van der Waals surface area contributed by atoms with Crippen LogP contribution in [0.1, 0.15) is 6.92 Å². The third-order valence-corrected chi connectivity index (χ3v) is 1.30. The van der Waals surface area contributed by atoms with Gasteiger partial charge in [-0.25, -0.2) is 4.79 Å². The molecular weight excluding hydrogens is 168 g/mol. The molecule has 0 heterocycles. The van der Waals surface area contributed by atoms with Crippen LogP contribution in [0.4, 0.5) is 0 Å². The molecule has 0 radical (unpaired) electrons. The SMILES string of the molecule is C=C(C#N)C(=O)OC(C)C(=C)C#N. The summed E-state index contributed by atoms with van der Waals surface area (Å²) in [7, 11) is 0. The molecule has 0 N–H and O–H groups in total. The van der Waals surface area contributed by atoms with Crippen molar-refractivity contribution >= 4 is 5.97 Å². The van der Waals surface area contributed by atoms with Crippen molar-refractivity contribution in [2.45, 2.75) is 13.0 Å². The third kappa shape index (κ3) is 3.22. The molecule has 0 saturated heterocycles. The molecule has 0 saturated carbocycles. The monoisotopic (exact) mass is 176 g/mol. The standard InChI is InChI=1S/C9H8N2O2/c1-6(4-10)8(3)13-9(12)7(2)5-11/h8H,1-2H2,3H3. The highest BCUT2D eigenvalue weighted by atomic mass is 16.5. The van der Waals surface area contributed by atoms with Crippen LogP contribution in [0.25, 0.3) is 0 Å². The Labute approximate surface area is 76.3 Å². The van der Waals surface area contributed by atoms with Crippen LogP contribution in [0.5, 0.6) is 0 Å². The number of esters is 1. The molecule has 0 aromatic heterocycles. The average Bonchev–Trinajstić information content (AvgIpc) is 2.14. The van der Waals surface area contributed by atoms with Crippen LogP contribution < -0.4 is 0 Å². The van der Waals surface area contributed by atoms with Crippen molar-refractivity contribution in [1.82, 2.24) is 0 Å². The van der Waals surface area contributed by atoms with Gasteiger partial charge in [-0.2, -0.15) is 10.5 Å². The summed E-state index contributed by atoms with van der Waals surface area (Å²) in [5.74, 6) is -0.827. The number of rotatable bonds is 3. The fraction of sp³-hybridized carbons (Fsp3) is 0.222. The molecule has 1 atom stereocenters. The van der Waals surface area contributed by atoms with Crippen molar-refractivity contribution in [2.24, 2.45) is 0 Å². The minimum absolute atomic E-state index is 0.124. The molecule has 0 rings (SSSR count). The van der Waals surface area contributed by atoms with Crippen LogP contribution in [-0.4, -0.2) is 12.1 Å². The van der Waals surface area contributed by atoms with E-state index in [1.54, 1.807) is 12.1 Å². The number of nitrogens with zero attached hydrogens (tertiary/aromatic N) is 2. The molecule has 0 amide bonds. The molecule has 0 fully saturated rings. The molecule has 0 aliphatic carbocycles. The van der Waals surface area contributed by atoms with Crippen LogP contribution in [0, 0.1) is 22.7 Å². The van der Waals surface area contributed by atoms with Gasteiger partial charge in [0.2, 0.25) is 0 Å². The number of carbonyl (C=O) groups is 1. The molecule has 4 heteroatoms. The molecule has 4 nitrogen and oxygen atoms in total. The van der Waals surface area contributed by atoms with Crippen LogP contribution in [-0.2, 0) is 9.53 Å². The predicted octanol–water partition coefficient (Wildman–Crippen LogP) is 1.08. The van der Waals surface area contributed by atoms with E-state index < -0.39 is 12.1 Å². The number of hydrogen-bond donors (Lipinski definition) is 0. The third-order valence-electron chi connectivity index (χ3n) is 1.30. The average molecular weight is 176 g/mol. The van der Waals surface area contributed by atoms with Gasteiger partial charge in [0.1, 0.15) is 17.7 Å². The first-order valence-electron chi connectivity index (χ1n) is 3.41. The van der Waals surface area contributed by atoms with Gasteiger partial charge in [-0.3, -0.25) is 0 Å². The Morgan fingerprint density at radius 3 is 2.31 bits per heavy atom. The van der Waals surface area contributed by atoms with Gasteiger partial charge in [-0.05, 0) is 6.92 Å². The molecule has 0 bridgehead atoms. The molecule has 0 spiro atoms. The van der Waals surface area contributed by atoms with E-state index in [4.69, 9.17) is 10.5 Å². The highest BCUT2D eigenvalue weighted by Gasteiger charge is 2.14. The van der Waals surface area contributed by atoms with E-state index in [1.165, 1.54) is 6.92 Å². The van der Waals surface area contributed by atoms with E-state index in [0.29, 0.717) is 0 Å². The summed E-state index contributed by atoms with van der Waals surface area (Å²) >= 11 is 0. The summed E-state index contributed by atoms with van der Waals surface area (Å²) in [5.41, 5.74) is -0.170. The second-order valence-corrected chi connectivity index (χ2v) is 2.27. The summed E-state index contributed by atoms with van der Waals surface area (Å²) < 4.78 is 4.67. The fourth-order valence-corrected chi connectivity index (χ4v) is 0.439. The van der Waals surface area contributed by atoms with Crippen molar-refractivity contribution in [1.29, 1.82) is 10.5 Å². The summed E-state index contributed by atoms with van der Waals surface area (Å²) in [6, 6.07) is 3.29. The Morgan fingerprint density at radius 2 is 1.92 bits per heavy atom. The first-order chi connectivity index (χ1) is 6.02. The van der Waals surface area contributed by atoms with Gasteiger partial charge < -0.3 is 4.74 Å². The predicted molar refractivity (Wildman–Crippen MR) is 45.1 cm³/mol. The van der Waals surface area contributed by atoms with Gasteiger partial charge in [-0.15, -0.1) is 0 Å². The van der Waals surface area contributed by atoms with Gasteiger partial charge in [-0.1, -0.05) is 13.2 Å². The van der Waals surface area contributed by atoms with Gasteiger partial charge in [0, 0.05) is 0 Å². The lowest BCUT2D eigenvalue weighted by Gasteiger charge is -2.09. The first-order valence-corrected chi connectivity index (χ1v) is 3.41. The fourth-order valence-electron chi connectivity index (χ4n) is 0.439. The van der Waals surface area contributed by atoms with Gasteiger partial charge in [0.05, 0.1) is 11.6 Å². The first kappa shape index (κ1) is 10.9. The van der Waals surface area contributed by atoms with Crippen molar-refractivity contribution in [3.05, 3.63) is 24.3 Å². The maximum atomic E-state index is 10.9. The largest absolute Gasteiger partial charge is 0.453 e. The Bertz CT molecular complexity index is 331. The number of ether oxygens (including phenoxy) is 1. The van der Waals surface area contributed by atoms with E-state index in [0.717, 1.165) is 0 Å². The Hall–Kier alpha value is -2.07. The Kier molecular flexibility index (Phi) is 3.98. The maximum absolute atomic E-state index is 10.9. The van der Waals surface area contributed by atoms with E-state index in [1.807, 2.05) is 0 Å². The van der Waals surface area contributed by atoms with E-state index >= 15 is 0 Å². The minimum atomic E-state index is -0.827. The smallest absolute Gasteiger partial charge is 0.348 e. The summed E-state index contributed by atoms with van der Waals surface area (Å²) in [6.07, 6.45) is -0.720. The molecule has 0 aliphatic rings. The summed E-state index contributed by atoms with van der Waals surface area (Å²) in [5, 5.41) is 16.7. The van der Waals surface area contributed by atoms with Gasteiger partial charge in [0.25, 0.3) is 0 Å². The minimum Gasteiger partial charge on any atom is -0.453 e. The lowest BCUT2D eigenvalue weighted by atomic mass is 10.2. The van der Waals surface area contributed by atoms with Crippen molar-refractivity contribution in [3.63, 3.8) is 0 Å². The highest BCUT2D eigenvalue weighted by molar-refractivity contribution is 5.92. The highest BCUT2D eigenvalue weighted by Crippen LogP contribution is 2.05. The van der Waals surface area contributed by atoms with E-state index in [9.17, 15) is 4.79 Å². The van der Waals surface area contributed by atoms with Crippen molar-refractivity contribution in [3.8, 4) is 12.1 Å². The maximum Gasteiger partial charge on any atom is 0.348 e. The number of hydrogen-bond acceptors (Lipinski definition) is 4. The number of carbonyl (C=O) groups excluding carboxylic acids is 1. The number of nitriles is 2. The van der Waals surface area contributed by atoms with Crippen LogP contribution in [0.3, 0.4) is 0 Å². The topological polar surface area (TPSA) is 73.9 Å². The second kappa shape index (κ2) is 4.74. The zero-order valence-corrected chi connectivity index (χ0v) is 7.20. The summed E-state index contributed by atoms with van der Waals surface area (Å²) in [4.78, 5) is 10.9. The van der Waals surface area contributed by atoms with Crippen LogP contribution in [0.2, 0.25) is 0 Å². The molecule has 13 heavy (non-hydrogen) atoms. The molecule has 0 aromatic carbocycles. The molecule has 1 unspecified atom stereocenters. The lowest BCUT2D eigenvalue weighted by Crippen LogP contribution is -2.16. The quantitative estimate of drug-likeness (QED) is 0.366. The van der Waals surface area contributed by atoms with Crippen molar-refractivity contribution < 1.29 is 9.53 Å². The molecule has 66 valence electrons. The Balaban J connectivity index is 4.26. The zero-order valence-electron chi connectivity index (χ0n) is 7.20. The molecular formula is C9H8N2O2.